The molecule has 0 amide bonds. The Bertz CT molecular complexity index is 577. The number of imidazole rings is 1. The largest absolute Gasteiger partial charge is 0.491 e. The standard InChI is InChI=1S/C17H25N3O/c1-4-16(18)12-15-7-5-6-13(2)17(15)21-11-10-20-9-8-19-14(20)3/h5-9,16H,4,10-12,18H2,1-3H3. The Hall–Kier alpha value is -1.81. The van der Waals surface area contributed by atoms with Crippen molar-refractivity contribution in [3.05, 3.63) is 47.5 Å². The minimum atomic E-state index is 0.185. The highest BCUT2D eigenvalue weighted by Crippen LogP contribution is 2.25. The van der Waals surface area contributed by atoms with Crippen LogP contribution < -0.4 is 10.5 Å². The molecule has 2 aromatic rings. The molecule has 1 aromatic heterocycles. The molecule has 4 nitrogen and oxygen atoms in total. The first-order chi connectivity index (χ1) is 10.1. The molecule has 0 saturated heterocycles. The molecule has 0 bridgehead atoms. The zero-order chi connectivity index (χ0) is 15.2. The van der Waals surface area contributed by atoms with E-state index in [9.17, 15) is 0 Å². The number of rotatable bonds is 7. The lowest BCUT2D eigenvalue weighted by molar-refractivity contribution is 0.291. The molecule has 2 N–H and O–H groups in total. The van der Waals surface area contributed by atoms with E-state index in [0.29, 0.717) is 6.61 Å². The van der Waals surface area contributed by atoms with Crippen molar-refractivity contribution in [3.63, 3.8) is 0 Å². The average molecular weight is 287 g/mol. The summed E-state index contributed by atoms with van der Waals surface area (Å²) in [5, 5.41) is 0. The van der Waals surface area contributed by atoms with Crippen LogP contribution in [0.4, 0.5) is 0 Å². The van der Waals surface area contributed by atoms with E-state index < -0.39 is 0 Å². The number of aromatic nitrogens is 2. The van der Waals surface area contributed by atoms with E-state index in [-0.39, 0.29) is 6.04 Å². The second kappa shape index (κ2) is 7.27. The Morgan fingerprint density at radius 1 is 1.33 bits per heavy atom. The van der Waals surface area contributed by atoms with Crippen LogP contribution in [0.2, 0.25) is 0 Å². The van der Waals surface area contributed by atoms with Gasteiger partial charge in [0.05, 0.1) is 6.54 Å². The molecular weight excluding hydrogens is 262 g/mol. The molecule has 114 valence electrons. The summed E-state index contributed by atoms with van der Waals surface area (Å²) in [5.74, 6) is 2.00. The third-order valence-electron chi connectivity index (χ3n) is 3.80. The van der Waals surface area contributed by atoms with E-state index in [1.54, 1.807) is 0 Å². The van der Waals surface area contributed by atoms with Crippen LogP contribution in [-0.4, -0.2) is 22.2 Å². The molecule has 0 radical (unpaired) electrons. The van der Waals surface area contributed by atoms with E-state index in [0.717, 1.165) is 36.5 Å². The fraction of sp³-hybridized carbons (Fsp3) is 0.471. The average Bonchev–Trinajstić information content (AvgIpc) is 2.87. The molecule has 2 rings (SSSR count). The molecular formula is C17H25N3O. The Labute approximate surface area is 127 Å². The first kappa shape index (κ1) is 15.6. The van der Waals surface area contributed by atoms with Gasteiger partial charge in [0, 0.05) is 18.4 Å². The lowest BCUT2D eigenvalue weighted by Gasteiger charge is -2.17. The van der Waals surface area contributed by atoms with Crippen LogP contribution in [0.25, 0.3) is 0 Å². The van der Waals surface area contributed by atoms with Gasteiger partial charge in [0.15, 0.2) is 0 Å². The second-order valence-corrected chi connectivity index (χ2v) is 5.45. The quantitative estimate of drug-likeness (QED) is 0.852. The van der Waals surface area contributed by atoms with Crippen LogP contribution in [0.3, 0.4) is 0 Å². The third kappa shape index (κ3) is 4.08. The van der Waals surface area contributed by atoms with Crippen LogP contribution in [-0.2, 0) is 13.0 Å². The minimum Gasteiger partial charge on any atom is -0.491 e. The minimum absolute atomic E-state index is 0.185. The maximum Gasteiger partial charge on any atom is 0.125 e. The van der Waals surface area contributed by atoms with Gasteiger partial charge in [-0.05, 0) is 37.8 Å². The van der Waals surface area contributed by atoms with Crippen molar-refractivity contribution >= 4 is 0 Å². The SMILES string of the molecule is CCC(N)Cc1cccc(C)c1OCCn1ccnc1C. The number of hydrogen-bond acceptors (Lipinski definition) is 3. The summed E-state index contributed by atoms with van der Waals surface area (Å²) in [5.41, 5.74) is 8.45. The number of aryl methyl sites for hydroxylation is 2. The Morgan fingerprint density at radius 3 is 2.81 bits per heavy atom. The number of para-hydroxylation sites is 1. The lowest BCUT2D eigenvalue weighted by atomic mass is 10.0. The molecule has 4 heteroatoms. The van der Waals surface area contributed by atoms with Crippen LogP contribution in [0, 0.1) is 13.8 Å². The van der Waals surface area contributed by atoms with Gasteiger partial charge in [-0.1, -0.05) is 25.1 Å². The second-order valence-electron chi connectivity index (χ2n) is 5.45. The molecule has 0 spiro atoms. The normalized spacial score (nSPS) is 12.4. The number of nitrogens with two attached hydrogens (primary N) is 1. The van der Waals surface area contributed by atoms with Crippen molar-refractivity contribution in [1.82, 2.24) is 9.55 Å². The summed E-state index contributed by atoms with van der Waals surface area (Å²) in [7, 11) is 0. The monoisotopic (exact) mass is 287 g/mol. The molecule has 1 unspecified atom stereocenters. The van der Waals surface area contributed by atoms with Gasteiger partial charge in [0.2, 0.25) is 0 Å². The van der Waals surface area contributed by atoms with Gasteiger partial charge in [-0.15, -0.1) is 0 Å². The summed E-state index contributed by atoms with van der Waals surface area (Å²) in [6.07, 6.45) is 5.62. The summed E-state index contributed by atoms with van der Waals surface area (Å²) >= 11 is 0. The van der Waals surface area contributed by atoms with Gasteiger partial charge in [0.25, 0.3) is 0 Å². The van der Waals surface area contributed by atoms with E-state index in [4.69, 9.17) is 10.5 Å². The molecule has 21 heavy (non-hydrogen) atoms. The van der Waals surface area contributed by atoms with Crippen LogP contribution in [0.5, 0.6) is 5.75 Å². The predicted molar refractivity (Wildman–Crippen MR) is 85.6 cm³/mol. The van der Waals surface area contributed by atoms with Gasteiger partial charge < -0.3 is 15.0 Å². The zero-order valence-electron chi connectivity index (χ0n) is 13.2. The van der Waals surface area contributed by atoms with Crippen molar-refractivity contribution in [2.24, 2.45) is 5.73 Å². The lowest BCUT2D eigenvalue weighted by Crippen LogP contribution is -2.22. The first-order valence-electron chi connectivity index (χ1n) is 7.56. The molecule has 1 atom stereocenters. The first-order valence-corrected chi connectivity index (χ1v) is 7.56. The fourth-order valence-electron chi connectivity index (χ4n) is 2.39. The molecule has 1 aromatic carbocycles. The highest BCUT2D eigenvalue weighted by molar-refractivity contribution is 5.41. The van der Waals surface area contributed by atoms with Gasteiger partial charge in [-0.2, -0.15) is 0 Å². The summed E-state index contributed by atoms with van der Waals surface area (Å²) in [4.78, 5) is 4.22. The number of nitrogens with zero attached hydrogens (tertiary/aromatic N) is 2. The van der Waals surface area contributed by atoms with Crippen LogP contribution in [0.1, 0.15) is 30.3 Å². The van der Waals surface area contributed by atoms with E-state index in [2.05, 4.69) is 41.6 Å². The zero-order valence-corrected chi connectivity index (χ0v) is 13.2. The van der Waals surface area contributed by atoms with Gasteiger partial charge >= 0.3 is 0 Å². The summed E-state index contributed by atoms with van der Waals surface area (Å²) in [6, 6.07) is 6.45. The highest BCUT2D eigenvalue weighted by atomic mass is 16.5. The van der Waals surface area contributed by atoms with E-state index >= 15 is 0 Å². The molecule has 0 aliphatic rings. The van der Waals surface area contributed by atoms with Crippen molar-refractivity contribution < 1.29 is 4.74 Å². The maximum absolute atomic E-state index is 6.08. The third-order valence-corrected chi connectivity index (χ3v) is 3.80. The van der Waals surface area contributed by atoms with Crippen molar-refractivity contribution in [3.8, 4) is 5.75 Å². The summed E-state index contributed by atoms with van der Waals surface area (Å²) in [6.45, 7) is 7.64. The molecule has 0 fully saturated rings. The fourth-order valence-corrected chi connectivity index (χ4v) is 2.39. The number of ether oxygens (including phenoxy) is 1. The Kier molecular flexibility index (Phi) is 5.39. The van der Waals surface area contributed by atoms with Crippen molar-refractivity contribution in [2.75, 3.05) is 6.61 Å². The predicted octanol–water partition coefficient (Wildman–Crippen LogP) is 2.86. The van der Waals surface area contributed by atoms with Crippen LogP contribution >= 0.6 is 0 Å². The van der Waals surface area contributed by atoms with Gasteiger partial charge in [0.1, 0.15) is 18.2 Å². The smallest absolute Gasteiger partial charge is 0.125 e. The van der Waals surface area contributed by atoms with Gasteiger partial charge in [-0.3, -0.25) is 0 Å². The number of benzene rings is 1. The van der Waals surface area contributed by atoms with Crippen molar-refractivity contribution in [1.29, 1.82) is 0 Å². The van der Waals surface area contributed by atoms with Gasteiger partial charge in [-0.25, -0.2) is 4.98 Å². The molecule has 0 aliphatic carbocycles. The molecule has 1 heterocycles. The molecule has 0 saturated carbocycles. The Morgan fingerprint density at radius 2 is 2.14 bits per heavy atom. The number of hydrogen-bond donors (Lipinski definition) is 1. The highest BCUT2D eigenvalue weighted by Gasteiger charge is 2.10. The van der Waals surface area contributed by atoms with E-state index in [1.165, 1.54) is 5.56 Å². The maximum atomic E-state index is 6.08. The Balaban J connectivity index is 2.03. The van der Waals surface area contributed by atoms with Crippen molar-refractivity contribution in [2.45, 2.75) is 46.2 Å². The molecule has 0 aliphatic heterocycles. The summed E-state index contributed by atoms with van der Waals surface area (Å²) < 4.78 is 8.13. The van der Waals surface area contributed by atoms with Crippen LogP contribution in [0.15, 0.2) is 30.6 Å². The topological polar surface area (TPSA) is 53.1 Å². The van der Waals surface area contributed by atoms with E-state index in [1.807, 2.05) is 19.3 Å².